The molecule has 96 valence electrons. The van der Waals surface area contributed by atoms with Crippen molar-refractivity contribution < 1.29 is 0 Å². The van der Waals surface area contributed by atoms with E-state index in [1.54, 1.807) is 5.56 Å². The molecule has 1 aromatic rings. The minimum absolute atomic E-state index is 0.598. The normalized spacial score (nSPS) is 18.2. The monoisotopic (exact) mass is 241 g/mol. The van der Waals surface area contributed by atoms with Gasteiger partial charge in [-0.15, -0.1) is 11.8 Å². The van der Waals surface area contributed by atoms with Crippen molar-refractivity contribution in [2.75, 3.05) is 6.54 Å². The Morgan fingerprint density at radius 3 is 2.94 bits per heavy atom. The number of benzene rings is 1. The van der Waals surface area contributed by atoms with Crippen molar-refractivity contribution in [2.24, 2.45) is 0 Å². The molecule has 1 aliphatic carbocycles. The summed E-state index contributed by atoms with van der Waals surface area (Å²) in [6, 6.07) is 9.45. The van der Waals surface area contributed by atoms with Crippen LogP contribution < -0.4 is 5.32 Å². The molecule has 1 N–H and O–H groups in total. The van der Waals surface area contributed by atoms with Crippen LogP contribution in [0.25, 0.3) is 0 Å². The maximum atomic E-state index is 3.70. The number of fused-ring (bicyclic) bond motifs is 1. The molecule has 0 fully saturated rings. The van der Waals surface area contributed by atoms with Crippen LogP contribution in [0.1, 0.15) is 50.2 Å². The third-order valence-electron chi connectivity index (χ3n) is 3.79. The van der Waals surface area contributed by atoms with E-state index in [1.807, 2.05) is 6.92 Å². The van der Waals surface area contributed by atoms with E-state index in [0.29, 0.717) is 12.0 Å². The molecule has 1 aromatic carbocycles. The van der Waals surface area contributed by atoms with Gasteiger partial charge in [0.2, 0.25) is 0 Å². The van der Waals surface area contributed by atoms with E-state index in [-0.39, 0.29) is 0 Å². The van der Waals surface area contributed by atoms with E-state index in [1.165, 1.54) is 24.8 Å². The number of rotatable bonds is 6. The van der Waals surface area contributed by atoms with Gasteiger partial charge in [0.1, 0.15) is 0 Å². The minimum Gasteiger partial charge on any atom is -0.313 e. The van der Waals surface area contributed by atoms with Crippen LogP contribution in [0.3, 0.4) is 0 Å². The molecule has 1 nitrogen and oxygen atoms in total. The summed E-state index contributed by atoms with van der Waals surface area (Å²) >= 11 is 0. The SMILES string of the molecule is CC#CCCC(NCCC)C1Cc2ccccc21. The highest BCUT2D eigenvalue weighted by Crippen LogP contribution is 2.38. The van der Waals surface area contributed by atoms with Crippen LogP contribution in [0.5, 0.6) is 0 Å². The summed E-state index contributed by atoms with van der Waals surface area (Å²) in [4.78, 5) is 0. The molecular formula is C17H23N. The Kier molecular flexibility index (Phi) is 4.84. The fourth-order valence-electron chi connectivity index (χ4n) is 2.78. The summed E-state index contributed by atoms with van der Waals surface area (Å²) in [5.74, 6) is 6.89. The van der Waals surface area contributed by atoms with Gasteiger partial charge in [0.25, 0.3) is 0 Å². The first kappa shape index (κ1) is 13.2. The highest BCUT2D eigenvalue weighted by molar-refractivity contribution is 5.41. The van der Waals surface area contributed by atoms with Gasteiger partial charge in [-0.2, -0.15) is 0 Å². The Hall–Kier alpha value is -1.26. The molecule has 0 aliphatic heterocycles. The zero-order valence-corrected chi connectivity index (χ0v) is 11.5. The second-order valence-electron chi connectivity index (χ2n) is 5.04. The summed E-state index contributed by atoms with van der Waals surface area (Å²) in [6.07, 6.45) is 4.61. The Morgan fingerprint density at radius 1 is 1.39 bits per heavy atom. The van der Waals surface area contributed by atoms with Gasteiger partial charge in [0.15, 0.2) is 0 Å². The predicted octanol–water partition coefficient (Wildman–Crippen LogP) is 3.50. The van der Waals surface area contributed by atoms with E-state index in [4.69, 9.17) is 0 Å². The van der Waals surface area contributed by atoms with Crippen LogP contribution in [-0.2, 0) is 6.42 Å². The highest BCUT2D eigenvalue weighted by Gasteiger charge is 2.31. The zero-order chi connectivity index (χ0) is 12.8. The summed E-state index contributed by atoms with van der Waals surface area (Å²) in [7, 11) is 0. The molecule has 2 rings (SSSR count). The van der Waals surface area contributed by atoms with Gasteiger partial charge in [-0.05, 0) is 43.9 Å². The molecule has 0 spiro atoms. The first-order valence-electron chi connectivity index (χ1n) is 7.07. The molecule has 0 heterocycles. The average Bonchev–Trinajstić information content (AvgIpc) is 2.37. The zero-order valence-electron chi connectivity index (χ0n) is 11.5. The Morgan fingerprint density at radius 2 is 2.22 bits per heavy atom. The van der Waals surface area contributed by atoms with Crippen LogP contribution >= 0.6 is 0 Å². The number of nitrogens with one attached hydrogen (secondary N) is 1. The molecule has 1 heteroatoms. The van der Waals surface area contributed by atoms with E-state index < -0.39 is 0 Å². The van der Waals surface area contributed by atoms with Gasteiger partial charge in [-0.25, -0.2) is 0 Å². The smallest absolute Gasteiger partial charge is 0.0148 e. The minimum atomic E-state index is 0.598. The molecule has 0 radical (unpaired) electrons. The standard InChI is InChI=1S/C17H23N/c1-3-5-6-11-17(18-12-4-2)16-13-14-9-7-8-10-15(14)16/h7-10,16-18H,4,6,11-13H2,1-2H3. The Bertz CT molecular complexity index is 438. The summed E-state index contributed by atoms with van der Waals surface area (Å²) in [6.45, 7) is 5.26. The third-order valence-corrected chi connectivity index (χ3v) is 3.79. The predicted molar refractivity (Wildman–Crippen MR) is 77.7 cm³/mol. The van der Waals surface area contributed by atoms with Crippen molar-refractivity contribution in [2.45, 2.75) is 51.5 Å². The van der Waals surface area contributed by atoms with E-state index in [9.17, 15) is 0 Å². The lowest BCUT2D eigenvalue weighted by Gasteiger charge is -2.37. The lowest BCUT2D eigenvalue weighted by Crippen LogP contribution is -2.40. The molecule has 2 atom stereocenters. The first-order valence-corrected chi connectivity index (χ1v) is 7.07. The fourth-order valence-corrected chi connectivity index (χ4v) is 2.78. The van der Waals surface area contributed by atoms with Crippen LogP contribution in [0.4, 0.5) is 0 Å². The van der Waals surface area contributed by atoms with Crippen LogP contribution in [0, 0.1) is 11.8 Å². The van der Waals surface area contributed by atoms with E-state index in [0.717, 1.165) is 13.0 Å². The Balaban J connectivity index is 1.98. The van der Waals surface area contributed by atoms with Gasteiger partial charge < -0.3 is 5.32 Å². The van der Waals surface area contributed by atoms with Crippen molar-refractivity contribution in [3.05, 3.63) is 35.4 Å². The quantitative estimate of drug-likeness (QED) is 0.752. The van der Waals surface area contributed by atoms with Crippen molar-refractivity contribution >= 4 is 0 Å². The number of hydrogen-bond acceptors (Lipinski definition) is 1. The highest BCUT2D eigenvalue weighted by atomic mass is 14.9. The molecular weight excluding hydrogens is 218 g/mol. The molecule has 2 unspecified atom stereocenters. The van der Waals surface area contributed by atoms with Gasteiger partial charge in [0, 0.05) is 18.4 Å². The second-order valence-corrected chi connectivity index (χ2v) is 5.04. The lowest BCUT2D eigenvalue weighted by atomic mass is 9.72. The molecule has 0 aromatic heterocycles. The van der Waals surface area contributed by atoms with Gasteiger partial charge in [-0.1, -0.05) is 31.2 Å². The number of hydrogen-bond donors (Lipinski definition) is 1. The third kappa shape index (κ3) is 2.94. The largest absolute Gasteiger partial charge is 0.313 e. The maximum Gasteiger partial charge on any atom is 0.0148 e. The molecule has 0 saturated heterocycles. The van der Waals surface area contributed by atoms with Gasteiger partial charge in [0.05, 0.1) is 0 Å². The molecule has 0 saturated carbocycles. The van der Waals surface area contributed by atoms with Gasteiger partial charge in [-0.3, -0.25) is 0 Å². The molecule has 0 bridgehead atoms. The maximum absolute atomic E-state index is 3.70. The molecule has 18 heavy (non-hydrogen) atoms. The van der Waals surface area contributed by atoms with Crippen molar-refractivity contribution in [3.63, 3.8) is 0 Å². The van der Waals surface area contributed by atoms with Crippen molar-refractivity contribution in [1.82, 2.24) is 5.32 Å². The van der Waals surface area contributed by atoms with Crippen LogP contribution in [-0.4, -0.2) is 12.6 Å². The topological polar surface area (TPSA) is 12.0 Å². The summed E-state index contributed by atoms with van der Waals surface area (Å²) in [5, 5.41) is 3.70. The molecule has 0 amide bonds. The second kappa shape index (κ2) is 6.61. The average molecular weight is 241 g/mol. The molecule has 1 aliphatic rings. The van der Waals surface area contributed by atoms with E-state index >= 15 is 0 Å². The first-order chi connectivity index (χ1) is 8.86. The van der Waals surface area contributed by atoms with Gasteiger partial charge >= 0.3 is 0 Å². The van der Waals surface area contributed by atoms with Crippen molar-refractivity contribution in [3.8, 4) is 11.8 Å². The fraction of sp³-hybridized carbons (Fsp3) is 0.529. The van der Waals surface area contributed by atoms with E-state index in [2.05, 4.69) is 48.3 Å². The summed E-state index contributed by atoms with van der Waals surface area (Å²) in [5.41, 5.74) is 3.09. The van der Waals surface area contributed by atoms with Crippen LogP contribution in [0.2, 0.25) is 0 Å². The van der Waals surface area contributed by atoms with Crippen molar-refractivity contribution in [1.29, 1.82) is 0 Å². The van der Waals surface area contributed by atoms with Crippen LogP contribution in [0.15, 0.2) is 24.3 Å². The lowest BCUT2D eigenvalue weighted by molar-refractivity contribution is 0.383. The summed E-state index contributed by atoms with van der Waals surface area (Å²) < 4.78 is 0. The Labute approximate surface area is 111 Å².